The van der Waals surface area contributed by atoms with Crippen LogP contribution in [0.25, 0.3) is 6.08 Å². The highest BCUT2D eigenvalue weighted by molar-refractivity contribution is 6.08. The molecule has 1 N–H and O–H groups in total. The fourth-order valence-corrected chi connectivity index (χ4v) is 3.57. The highest BCUT2D eigenvalue weighted by atomic mass is 16.5. The number of hydrogen-bond donors (Lipinski definition) is 1. The highest BCUT2D eigenvalue weighted by Gasteiger charge is 2.18. The van der Waals surface area contributed by atoms with Crippen molar-refractivity contribution in [2.75, 3.05) is 19.5 Å². The van der Waals surface area contributed by atoms with Crippen molar-refractivity contribution in [2.24, 2.45) is 0 Å². The van der Waals surface area contributed by atoms with E-state index in [2.05, 4.69) is 5.32 Å². The molecule has 172 valence electrons. The number of allylic oxidation sites excluding steroid dienone is 1. The Morgan fingerprint density at radius 2 is 1.71 bits per heavy atom. The molecule has 1 heterocycles. The molecule has 34 heavy (non-hydrogen) atoms. The van der Waals surface area contributed by atoms with E-state index in [0.29, 0.717) is 29.2 Å². The molecule has 0 radical (unpaired) electrons. The van der Waals surface area contributed by atoms with Crippen LogP contribution >= 0.6 is 0 Å². The fraction of sp³-hybridized carbons (Fsp3) is 0.148. The second-order valence-corrected chi connectivity index (χ2v) is 7.68. The number of rotatable bonds is 8. The summed E-state index contributed by atoms with van der Waals surface area (Å²) in [6.45, 7) is 0.293. The lowest BCUT2D eigenvalue weighted by Gasteiger charge is -2.11. The Labute approximate surface area is 197 Å². The largest absolute Gasteiger partial charge is 0.493 e. The summed E-state index contributed by atoms with van der Waals surface area (Å²) in [6.07, 6.45) is 3.48. The van der Waals surface area contributed by atoms with Crippen LogP contribution in [0.2, 0.25) is 0 Å². The van der Waals surface area contributed by atoms with Gasteiger partial charge in [-0.05, 0) is 65.2 Å². The Morgan fingerprint density at radius 1 is 0.941 bits per heavy atom. The lowest BCUT2D eigenvalue weighted by Crippen LogP contribution is -2.03. The van der Waals surface area contributed by atoms with E-state index in [1.165, 1.54) is 13.2 Å². The Hall–Kier alpha value is -4.39. The van der Waals surface area contributed by atoms with Crippen LogP contribution in [0.15, 0.2) is 66.7 Å². The SMILES string of the molecule is COC(=O)c1ccc(COc2ccc(/C=C/C(=O)c3ccc4c(c3)CC(=O)N4)cc2OC)cc1. The lowest BCUT2D eigenvalue weighted by molar-refractivity contribution is -0.115. The molecule has 7 heteroatoms. The summed E-state index contributed by atoms with van der Waals surface area (Å²) in [5, 5.41) is 2.76. The lowest BCUT2D eigenvalue weighted by atomic mass is 10.0. The Bertz CT molecular complexity index is 1280. The van der Waals surface area contributed by atoms with Gasteiger partial charge in [0, 0.05) is 11.3 Å². The quantitative estimate of drug-likeness (QED) is 0.305. The predicted molar refractivity (Wildman–Crippen MR) is 127 cm³/mol. The molecule has 0 spiro atoms. The number of nitrogens with one attached hydrogen (secondary N) is 1. The number of anilines is 1. The van der Waals surface area contributed by atoms with E-state index in [9.17, 15) is 14.4 Å². The number of methoxy groups -OCH3 is 2. The summed E-state index contributed by atoms with van der Waals surface area (Å²) in [6, 6.07) is 17.5. The van der Waals surface area contributed by atoms with E-state index in [1.807, 2.05) is 6.07 Å². The Kier molecular flexibility index (Phi) is 6.73. The number of amides is 1. The molecule has 0 unspecified atom stereocenters. The third-order valence-corrected chi connectivity index (χ3v) is 5.40. The molecule has 0 bridgehead atoms. The second-order valence-electron chi connectivity index (χ2n) is 7.68. The maximum absolute atomic E-state index is 12.6. The van der Waals surface area contributed by atoms with Crippen molar-refractivity contribution >= 4 is 29.4 Å². The molecule has 0 atom stereocenters. The average Bonchev–Trinajstić information content (AvgIpc) is 3.25. The standard InChI is InChI=1S/C27H23NO6/c1-32-25-13-17(5-11-23(29)20-9-10-22-21(14-20)15-26(30)28-22)6-12-24(25)34-16-18-3-7-19(8-4-18)27(31)33-2/h3-14H,15-16H2,1-2H3,(H,28,30)/b11-5+. The van der Waals surface area contributed by atoms with Gasteiger partial charge >= 0.3 is 5.97 Å². The van der Waals surface area contributed by atoms with Crippen LogP contribution < -0.4 is 14.8 Å². The summed E-state index contributed by atoms with van der Waals surface area (Å²) >= 11 is 0. The molecule has 7 nitrogen and oxygen atoms in total. The third kappa shape index (κ3) is 5.15. The zero-order valence-corrected chi connectivity index (χ0v) is 18.8. The van der Waals surface area contributed by atoms with E-state index in [0.717, 1.165) is 22.4 Å². The summed E-state index contributed by atoms with van der Waals surface area (Å²) in [4.78, 5) is 35.6. The molecule has 1 aliphatic heterocycles. The van der Waals surface area contributed by atoms with Crippen LogP contribution in [0.5, 0.6) is 11.5 Å². The minimum absolute atomic E-state index is 0.0669. The summed E-state index contributed by atoms with van der Waals surface area (Å²) in [7, 11) is 2.89. The minimum atomic E-state index is -0.389. The molecule has 0 aromatic heterocycles. The number of ketones is 1. The number of esters is 1. The van der Waals surface area contributed by atoms with Crippen LogP contribution in [0.4, 0.5) is 5.69 Å². The Balaban J connectivity index is 1.41. The van der Waals surface area contributed by atoms with Crippen molar-refractivity contribution in [1.29, 1.82) is 0 Å². The summed E-state index contributed by atoms with van der Waals surface area (Å²) in [5.41, 5.74) is 4.24. The van der Waals surface area contributed by atoms with E-state index in [4.69, 9.17) is 14.2 Å². The monoisotopic (exact) mass is 457 g/mol. The van der Waals surface area contributed by atoms with Gasteiger partial charge in [-0.3, -0.25) is 9.59 Å². The van der Waals surface area contributed by atoms with E-state index >= 15 is 0 Å². The maximum atomic E-state index is 12.6. The number of carbonyl (C=O) groups is 3. The van der Waals surface area contributed by atoms with Crippen molar-refractivity contribution in [1.82, 2.24) is 0 Å². The zero-order chi connectivity index (χ0) is 24.1. The first-order valence-corrected chi connectivity index (χ1v) is 10.6. The molecule has 3 aromatic carbocycles. The first-order valence-electron chi connectivity index (χ1n) is 10.6. The van der Waals surface area contributed by atoms with Crippen molar-refractivity contribution in [3.05, 3.63) is 94.6 Å². The number of benzene rings is 3. The first-order chi connectivity index (χ1) is 16.5. The fourth-order valence-electron chi connectivity index (χ4n) is 3.57. The van der Waals surface area contributed by atoms with Gasteiger partial charge in [0.15, 0.2) is 17.3 Å². The minimum Gasteiger partial charge on any atom is -0.493 e. The van der Waals surface area contributed by atoms with Gasteiger partial charge in [-0.2, -0.15) is 0 Å². The van der Waals surface area contributed by atoms with Crippen LogP contribution in [0.3, 0.4) is 0 Å². The van der Waals surface area contributed by atoms with Crippen molar-refractivity contribution in [2.45, 2.75) is 13.0 Å². The molecule has 1 amide bonds. The second kappa shape index (κ2) is 10.0. The third-order valence-electron chi connectivity index (χ3n) is 5.40. The van der Waals surface area contributed by atoms with Gasteiger partial charge in [0.05, 0.1) is 26.2 Å². The normalized spacial score (nSPS) is 12.2. The van der Waals surface area contributed by atoms with Crippen molar-refractivity contribution in [3.8, 4) is 11.5 Å². The molecule has 0 aliphatic carbocycles. The van der Waals surface area contributed by atoms with Gasteiger partial charge in [-0.15, -0.1) is 0 Å². The van der Waals surface area contributed by atoms with Crippen LogP contribution in [0.1, 0.15) is 37.4 Å². The van der Waals surface area contributed by atoms with Gasteiger partial charge in [-0.25, -0.2) is 4.79 Å². The predicted octanol–water partition coefficient (Wildman–Crippen LogP) is 4.45. The van der Waals surface area contributed by atoms with E-state index in [1.54, 1.807) is 67.8 Å². The van der Waals surface area contributed by atoms with Gasteiger partial charge < -0.3 is 19.5 Å². The highest BCUT2D eigenvalue weighted by Crippen LogP contribution is 2.30. The van der Waals surface area contributed by atoms with Crippen molar-refractivity contribution in [3.63, 3.8) is 0 Å². The summed E-state index contributed by atoms with van der Waals surface area (Å²) < 4.78 is 16.0. The molecular formula is C27H23NO6. The van der Waals surface area contributed by atoms with Gasteiger partial charge in [0.1, 0.15) is 6.61 Å². The van der Waals surface area contributed by atoms with E-state index in [-0.39, 0.29) is 24.1 Å². The number of fused-ring (bicyclic) bond motifs is 1. The van der Waals surface area contributed by atoms with Crippen molar-refractivity contribution < 1.29 is 28.6 Å². The molecule has 1 aliphatic rings. The molecular weight excluding hydrogens is 434 g/mol. The number of hydrogen-bond acceptors (Lipinski definition) is 6. The molecule has 0 fully saturated rings. The average molecular weight is 457 g/mol. The maximum Gasteiger partial charge on any atom is 0.337 e. The zero-order valence-electron chi connectivity index (χ0n) is 18.8. The van der Waals surface area contributed by atoms with Crippen LogP contribution in [0, 0.1) is 0 Å². The smallest absolute Gasteiger partial charge is 0.337 e. The van der Waals surface area contributed by atoms with Crippen LogP contribution in [-0.4, -0.2) is 31.9 Å². The van der Waals surface area contributed by atoms with Gasteiger partial charge in [0.2, 0.25) is 5.91 Å². The van der Waals surface area contributed by atoms with Gasteiger partial charge in [0.25, 0.3) is 0 Å². The van der Waals surface area contributed by atoms with E-state index < -0.39 is 0 Å². The number of ether oxygens (including phenoxy) is 3. The summed E-state index contributed by atoms with van der Waals surface area (Å²) in [5.74, 6) is 0.473. The first kappa shape index (κ1) is 22.8. The topological polar surface area (TPSA) is 90.9 Å². The van der Waals surface area contributed by atoms with Crippen LogP contribution in [-0.2, 0) is 22.6 Å². The molecule has 0 saturated carbocycles. The van der Waals surface area contributed by atoms with Gasteiger partial charge in [-0.1, -0.05) is 24.3 Å². The Morgan fingerprint density at radius 3 is 2.44 bits per heavy atom. The molecule has 0 saturated heterocycles. The molecule has 3 aromatic rings. The molecule has 4 rings (SSSR count). The number of carbonyl (C=O) groups excluding carboxylic acids is 3.